The Kier molecular flexibility index (Phi) is 6.25. The van der Waals surface area contributed by atoms with E-state index in [4.69, 9.17) is 16.9 Å². The number of nitriles is 1. The molecule has 0 amide bonds. The molecule has 0 unspecified atom stereocenters. The Labute approximate surface area is 169 Å². The number of carbonyl (C=O) groups is 1. The van der Waals surface area contributed by atoms with Crippen LogP contribution in [0.2, 0.25) is 5.02 Å². The Morgan fingerprint density at radius 1 is 1.07 bits per heavy atom. The van der Waals surface area contributed by atoms with Gasteiger partial charge in [0.05, 0.1) is 5.56 Å². The van der Waals surface area contributed by atoms with Crippen molar-refractivity contribution in [2.75, 3.05) is 23.7 Å². The van der Waals surface area contributed by atoms with Crippen molar-refractivity contribution in [1.82, 2.24) is 4.98 Å². The van der Waals surface area contributed by atoms with Gasteiger partial charge in [-0.2, -0.15) is 5.26 Å². The molecule has 0 aliphatic carbocycles. The molecule has 0 bridgehead atoms. The second kappa shape index (κ2) is 9.03. The highest BCUT2D eigenvalue weighted by molar-refractivity contribution is 6.33. The Balaban J connectivity index is 1.67. The van der Waals surface area contributed by atoms with E-state index >= 15 is 0 Å². The molecule has 0 aliphatic rings. The van der Waals surface area contributed by atoms with E-state index in [2.05, 4.69) is 15.6 Å². The predicted molar refractivity (Wildman–Crippen MR) is 113 cm³/mol. The molecule has 1 aromatic heterocycles. The van der Waals surface area contributed by atoms with Crippen LogP contribution in [0.3, 0.4) is 0 Å². The third-order valence-corrected chi connectivity index (χ3v) is 4.56. The number of aromatic nitrogens is 1. The molecule has 0 aliphatic heterocycles. The monoisotopic (exact) mass is 390 g/mol. The number of nitrogens with one attached hydrogen (secondary N) is 2. The minimum Gasteiger partial charge on any atom is -0.383 e. The van der Waals surface area contributed by atoms with Crippen molar-refractivity contribution in [2.45, 2.75) is 6.92 Å². The van der Waals surface area contributed by atoms with Gasteiger partial charge >= 0.3 is 0 Å². The van der Waals surface area contributed by atoms with Gasteiger partial charge in [0.15, 0.2) is 6.29 Å². The number of pyridine rings is 1. The van der Waals surface area contributed by atoms with Crippen LogP contribution in [0.15, 0.2) is 54.7 Å². The fourth-order valence-corrected chi connectivity index (χ4v) is 3.14. The lowest BCUT2D eigenvalue weighted by Crippen LogP contribution is -2.14. The van der Waals surface area contributed by atoms with Crippen LogP contribution in [-0.2, 0) is 0 Å². The van der Waals surface area contributed by atoms with Gasteiger partial charge in [0.2, 0.25) is 0 Å². The van der Waals surface area contributed by atoms with Crippen molar-refractivity contribution in [3.8, 4) is 17.2 Å². The maximum atomic E-state index is 11.5. The number of halogens is 1. The number of nitrogens with zero attached hydrogens (tertiary/aromatic N) is 2. The molecular formula is C22H19ClN4O. The quantitative estimate of drug-likeness (QED) is 0.442. The summed E-state index contributed by atoms with van der Waals surface area (Å²) in [7, 11) is 0. The molecule has 3 aromatic rings. The first-order chi connectivity index (χ1) is 13.6. The molecule has 28 heavy (non-hydrogen) atoms. The molecule has 0 spiro atoms. The Morgan fingerprint density at radius 3 is 2.57 bits per heavy atom. The van der Waals surface area contributed by atoms with Gasteiger partial charge in [0, 0.05) is 41.1 Å². The standard InChI is InChI=1S/C22H19ClN4O/c1-15-2-6-19(21(23)10-15)20-11-18(5-4-17(20)14-28)25-8-9-26-22-7-3-16(12-24)13-27-22/h2-7,10-11,13-14,25H,8-9H2,1H3,(H,26,27). The van der Waals surface area contributed by atoms with E-state index in [1.165, 1.54) is 6.20 Å². The zero-order valence-electron chi connectivity index (χ0n) is 15.4. The van der Waals surface area contributed by atoms with Crippen LogP contribution in [0.4, 0.5) is 11.5 Å². The second-order valence-corrected chi connectivity index (χ2v) is 6.71. The van der Waals surface area contributed by atoms with E-state index in [0.717, 1.165) is 28.7 Å². The second-order valence-electron chi connectivity index (χ2n) is 6.30. The maximum Gasteiger partial charge on any atom is 0.150 e. The lowest BCUT2D eigenvalue weighted by molar-refractivity contribution is 0.112. The van der Waals surface area contributed by atoms with Crippen molar-refractivity contribution < 1.29 is 4.79 Å². The number of rotatable bonds is 7. The van der Waals surface area contributed by atoms with Crippen LogP contribution in [0.5, 0.6) is 0 Å². The summed E-state index contributed by atoms with van der Waals surface area (Å²) in [6.07, 6.45) is 2.37. The highest BCUT2D eigenvalue weighted by atomic mass is 35.5. The number of aldehydes is 1. The average Bonchev–Trinajstić information content (AvgIpc) is 2.71. The van der Waals surface area contributed by atoms with Crippen molar-refractivity contribution >= 4 is 29.4 Å². The SMILES string of the molecule is Cc1ccc(-c2cc(NCCNc3ccc(C#N)cn3)ccc2C=O)c(Cl)c1. The smallest absolute Gasteiger partial charge is 0.150 e. The number of hydrogen-bond acceptors (Lipinski definition) is 5. The van der Waals surface area contributed by atoms with Crippen molar-refractivity contribution in [3.63, 3.8) is 0 Å². The van der Waals surface area contributed by atoms with E-state index in [9.17, 15) is 4.79 Å². The van der Waals surface area contributed by atoms with E-state index in [-0.39, 0.29) is 0 Å². The molecule has 0 atom stereocenters. The summed E-state index contributed by atoms with van der Waals surface area (Å²) < 4.78 is 0. The van der Waals surface area contributed by atoms with Crippen LogP contribution < -0.4 is 10.6 Å². The van der Waals surface area contributed by atoms with Crippen molar-refractivity contribution in [1.29, 1.82) is 5.26 Å². The van der Waals surface area contributed by atoms with Crippen LogP contribution in [0, 0.1) is 18.3 Å². The van der Waals surface area contributed by atoms with Gasteiger partial charge in [-0.1, -0.05) is 23.7 Å². The normalized spacial score (nSPS) is 10.2. The molecule has 3 rings (SSSR count). The molecular weight excluding hydrogens is 372 g/mol. The maximum absolute atomic E-state index is 11.5. The van der Waals surface area contributed by atoms with Crippen LogP contribution in [0.1, 0.15) is 21.5 Å². The van der Waals surface area contributed by atoms with E-state index in [1.54, 1.807) is 18.2 Å². The first-order valence-electron chi connectivity index (χ1n) is 8.80. The van der Waals surface area contributed by atoms with Gasteiger partial charge in [0.1, 0.15) is 11.9 Å². The summed E-state index contributed by atoms with van der Waals surface area (Å²) in [6.45, 7) is 3.28. The van der Waals surface area contributed by atoms with Crippen LogP contribution in [-0.4, -0.2) is 24.4 Å². The zero-order chi connectivity index (χ0) is 19.9. The molecule has 0 saturated heterocycles. The van der Waals surface area contributed by atoms with Gasteiger partial charge in [-0.3, -0.25) is 4.79 Å². The summed E-state index contributed by atoms with van der Waals surface area (Å²) in [5, 5.41) is 15.9. The summed E-state index contributed by atoms with van der Waals surface area (Å²) in [5.74, 6) is 0.712. The molecule has 0 radical (unpaired) electrons. The Bertz CT molecular complexity index is 1030. The summed E-state index contributed by atoms with van der Waals surface area (Å²) in [5.41, 5.74) is 4.71. The van der Waals surface area contributed by atoms with Gasteiger partial charge < -0.3 is 10.6 Å². The number of aryl methyl sites for hydroxylation is 1. The highest BCUT2D eigenvalue weighted by Gasteiger charge is 2.10. The summed E-state index contributed by atoms with van der Waals surface area (Å²) in [4.78, 5) is 15.6. The lowest BCUT2D eigenvalue weighted by Gasteiger charge is -2.13. The number of hydrogen-bond donors (Lipinski definition) is 2. The predicted octanol–water partition coefficient (Wildman–Crippen LogP) is 4.92. The third kappa shape index (κ3) is 4.67. The van der Waals surface area contributed by atoms with E-state index in [1.807, 2.05) is 43.3 Å². The molecule has 6 heteroatoms. The molecule has 0 saturated carbocycles. The third-order valence-electron chi connectivity index (χ3n) is 4.25. The molecule has 140 valence electrons. The molecule has 5 nitrogen and oxygen atoms in total. The molecule has 1 heterocycles. The number of benzene rings is 2. The zero-order valence-corrected chi connectivity index (χ0v) is 16.1. The van der Waals surface area contributed by atoms with Gasteiger partial charge in [0.25, 0.3) is 0 Å². The molecule has 2 aromatic carbocycles. The van der Waals surface area contributed by atoms with E-state index in [0.29, 0.717) is 35.1 Å². The fraction of sp³-hybridized carbons (Fsp3) is 0.136. The summed E-state index contributed by atoms with van der Waals surface area (Å²) in [6, 6.07) is 16.9. The van der Waals surface area contributed by atoms with Gasteiger partial charge in [-0.05, 0) is 54.4 Å². The van der Waals surface area contributed by atoms with E-state index < -0.39 is 0 Å². The van der Waals surface area contributed by atoms with Crippen molar-refractivity contribution in [3.05, 3.63) is 76.4 Å². The van der Waals surface area contributed by atoms with Gasteiger partial charge in [-0.15, -0.1) is 0 Å². The van der Waals surface area contributed by atoms with Crippen molar-refractivity contribution in [2.24, 2.45) is 0 Å². The minimum atomic E-state index is 0.529. The fourth-order valence-electron chi connectivity index (χ4n) is 2.80. The van der Waals surface area contributed by atoms with Crippen LogP contribution in [0.25, 0.3) is 11.1 Å². The lowest BCUT2D eigenvalue weighted by atomic mass is 9.98. The van der Waals surface area contributed by atoms with Gasteiger partial charge in [-0.25, -0.2) is 4.98 Å². The van der Waals surface area contributed by atoms with Crippen LogP contribution >= 0.6 is 11.6 Å². The largest absolute Gasteiger partial charge is 0.383 e. The topological polar surface area (TPSA) is 77.8 Å². The first-order valence-corrected chi connectivity index (χ1v) is 9.18. The Hall–Kier alpha value is -3.36. The minimum absolute atomic E-state index is 0.529. The number of anilines is 2. The average molecular weight is 391 g/mol. The highest BCUT2D eigenvalue weighted by Crippen LogP contribution is 2.32. The Morgan fingerprint density at radius 2 is 1.89 bits per heavy atom. The first kappa shape index (κ1) is 19.4. The summed E-state index contributed by atoms with van der Waals surface area (Å²) >= 11 is 6.39. The molecule has 2 N–H and O–H groups in total. The number of carbonyl (C=O) groups excluding carboxylic acids is 1. The molecule has 0 fully saturated rings.